The monoisotopic (exact) mass is 394 g/mol. The van der Waals surface area contributed by atoms with E-state index in [4.69, 9.17) is 4.74 Å². The average Bonchev–Trinajstić information content (AvgIpc) is 3.32. The maximum atomic E-state index is 6.33. The fourth-order valence-electron chi connectivity index (χ4n) is 8.17. The van der Waals surface area contributed by atoms with Crippen LogP contribution < -0.4 is 4.74 Å². The highest BCUT2D eigenvalue weighted by Gasteiger charge is 2.59. The second-order valence-electron chi connectivity index (χ2n) is 11.5. The fourth-order valence-corrected chi connectivity index (χ4v) is 8.17. The zero-order valence-corrected chi connectivity index (χ0v) is 19.1. The Morgan fingerprint density at radius 1 is 1.00 bits per heavy atom. The number of aryl methyl sites for hydroxylation is 1. The van der Waals surface area contributed by atoms with Gasteiger partial charge >= 0.3 is 0 Å². The Hall–Kier alpha value is -0.980. The summed E-state index contributed by atoms with van der Waals surface area (Å²) in [5, 5.41) is 0. The van der Waals surface area contributed by atoms with Crippen molar-refractivity contribution in [2.24, 2.45) is 22.7 Å². The first-order valence-electron chi connectivity index (χ1n) is 12.8. The normalized spacial score (nSPS) is 39.1. The molecule has 1 heteroatoms. The number of unbranched alkanes of at least 4 members (excludes halogenated alkanes) is 1. The first-order valence-corrected chi connectivity index (χ1v) is 12.8. The van der Waals surface area contributed by atoms with Crippen LogP contribution in [0.25, 0.3) is 0 Å². The zero-order chi connectivity index (χ0) is 20.1. The Bertz CT molecular complexity index is 732. The summed E-state index contributed by atoms with van der Waals surface area (Å²) in [6, 6.07) is 7.18. The van der Waals surface area contributed by atoms with Gasteiger partial charge in [-0.15, -0.1) is 0 Å². The highest BCUT2D eigenvalue weighted by molar-refractivity contribution is 5.41. The molecule has 5 atom stereocenters. The maximum absolute atomic E-state index is 6.33. The predicted molar refractivity (Wildman–Crippen MR) is 122 cm³/mol. The van der Waals surface area contributed by atoms with E-state index >= 15 is 0 Å². The summed E-state index contributed by atoms with van der Waals surface area (Å²) in [7, 11) is 0. The molecule has 1 aromatic rings. The summed E-state index contributed by atoms with van der Waals surface area (Å²) in [5.41, 5.74) is 4.45. The summed E-state index contributed by atoms with van der Waals surface area (Å²) < 4.78 is 6.33. The second-order valence-corrected chi connectivity index (χ2v) is 11.5. The van der Waals surface area contributed by atoms with Gasteiger partial charge in [-0.05, 0) is 122 Å². The summed E-state index contributed by atoms with van der Waals surface area (Å²) in [4.78, 5) is 0. The Balaban J connectivity index is 1.35. The molecule has 4 aliphatic carbocycles. The van der Waals surface area contributed by atoms with Gasteiger partial charge in [-0.2, -0.15) is 0 Å². The van der Waals surface area contributed by atoms with E-state index in [2.05, 4.69) is 39.0 Å². The average molecular weight is 395 g/mol. The van der Waals surface area contributed by atoms with Crippen LogP contribution in [-0.4, -0.2) is 6.10 Å². The number of hydrogen-bond acceptors (Lipinski definition) is 1. The maximum Gasteiger partial charge on any atom is 0.120 e. The number of ether oxygens (including phenoxy) is 1. The van der Waals surface area contributed by atoms with Crippen LogP contribution in [0.4, 0.5) is 0 Å². The highest BCUT2D eigenvalue weighted by atomic mass is 16.5. The molecule has 3 fully saturated rings. The van der Waals surface area contributed by atoms with Crippen molar-refractivity contribution in [3.63, 3.8) is 0 Å². The van der Waals surface area contributed by atoms with Crippen LogP contribution in [0.15, 0.2) is 18.2 Å². The van der Waals surface area contributed by atoms with Gasteiger partial charge in [0.05, 0.1) is 6.10 Å². The van der Waals surface area contributed by atoms with Crippen LogP contribution in [0.1, 0.15) is 115 Å². The quantitative estimate of drug-likeness (QED) is 0.490. The summed E-state index contributed by atoms with van der Waals surface area (Å²) in [6.45, 7) is 7.69. The minimum Gasteiger partial charge on any atom is -0.490 e. The van der Waals surface area contributed by atoms with Crippen molar-refractivity contribution in [3.8, 4) is 5.75 Å². The van der Waals surface area contributed by atoms with Gasteiger partial charge in [0, 0.05) is 0 Å². The predicted octanol–water partition coefficient (Wildman–Crippen LogP) is 8.06. The van der Waals surface area contributed by atoms with E-state index in [1.807, 2.05) is 0 Å². The fraction of sp³-hybridized carbons (Fsp3) is 0.786. The molecule has 0 aliphatic heterocycles. The van der Waals surface area contributed by atoms with Crippen LogP contribution in [0.5, 0.6) is 5.75 Å². The van der Waals surface area contributed by atoms with Crippen LogP contribution >= 0.6 is 0 Å². The minimum absolute atomic E-state index is 0.471. The van der Waals surface area contributed by atoms with E-state index in [9.17, 15) is 0 Å². The molecule has 0 aromatic heterocycles. The van der Waals surface area contributed by atoms with E-state index in [0.29, 0.717) is 16.9 Å². The standard InChI is InChI=1S/C28H42O/c1-4-5-16-27(2)17-15-26-25-12-10-20-19-22(29-21-8-6-7-9-21)11-13-23(20)24(25)14-18-28(26,27)3/h11,13,19,21,24-26H,4-10,12,14-18H2,1-3H3/t24-,25-,26+,27+,28+/m1/s1. The molecule has 1 nitrogen and oxygen atoms in total. The summed E-state index contributed by atoms with van der Waals surface area (Å²) >= 11 is 0. The van der Waals surface area contributed by atoms with Gasteiger partial charge in [0.25, 0.3) is 0 Å². The van der Waals surface area contributed by atoms with Crippen molar-refractivity contribution in [3.05, 3.63) is 29.3 Å². The third-order valence-corrected chi connectivity index (χ3v) is 10.2. The summed E-state index contributed by atoms with van der Waals surface area (Å²) in [5.74, 6) is 3.82. The molecule has 5 rings (SSSR count). The van der Waals surface area contributed by atoms with E-state index in [1.165, 1.54) is 83.5 Å². The lowest BCUT2D eigenvalue weighted by molar-refractivity contribution is -0.0230. The molecule has 0 N–H and O–H groups in total. The largest absolute Gasteiger partial charge is 0.490 e. The molecule has 0 amide bonds. The molecule has 160 valence electrons. The van der Waals surface area contributed by atoms with Crippen molar-refractivity contribution < 1.29 is 4.74 Å². The molecular formula is C28H42O. The third-order valence-electron chi connectivity index (χ3n) is 10.2. The Kier molecular flexibility index (Phi) is 5.24. The first-order chi connectivity index (χ1) is 14.0. The van der Waals surface area contributed by atoms with Crippen molar-refractivity contribution >= 4 is 0 Å². The van der Waals surface area contributed by atoms with Crippen molar-refractivity contribution in [2.45, 2.75) is 116 Å². The van der Waals surface area contributed by atoms with Crippen LogP contribution in [0.3, 0.4) is 0 Å². The highest BCUT2D eigenvalue weighted by Crippen LogP contribution is 2.68. The Morgan fingerprint density at radius 3 is 2.62 bits per heavy atom. The molecule has 0 radical (unpaired) electrons. The van der Waals surface area contributed by atoms with E-state index < -0.39 is 0 Å². The van der Waals surface area contributed by atoms with Gasteiger partial charge in [-0.1, -0.05) is 39.7 Å². The van der Waals surface area contributed by atoms with Crippen molar-refractivity contribution in [1.82, 2.24) is 0 Å². The van der Waals surface area contributed by atoms with Gasteiger partial charge in [0.2, 0.25) is 0 Å². The topological polar surface area (TPSA) is 9.23 Å². The van der Waals surface area contributed by atoms with Crippen LogP contribution in [0.2, 0.25) is 0 Å². The van der Waals surface area contributed by atoms with Gasteiger partial charge in [0.15, 0.2) is 0 Å². The molecule has 1 aromatic carbocycles. The van der Waals surface area contributed by atoms with Crippen LogP contribution in [0, 0.1) is 22.7 Å². The van der Waals surface area contributed by atoms with Gasteiger partial charge in [-0.3, -0.25) is 0 Å². The van der Waals surface area contributed by atoms with E-state index in [-0.39, 0.29) is 0 Å². The molecular weight excluding hydrogens is 352 g/mol. The van der Waals surface area contributed by atoms with Gasteiger partial charge in [0.1, 0.15) is 5.75 Å². The van der Waals surface area contributed by atoms with Gasteiger partial charge in [-0.25, -0.2) is 0 Å². The number of rotatable bonds is 5. The lowest BCUT2D eigenvalue weighted by atomic mass is 9.50. The SMILES string of the molecule is CCCC[C@@]1(C)CC[C@H]2[C@@H]3CCc4cc(OC5CCCC5)ccc4[C@H]3CC[C@@]21C. The third kappa shape index (κ3) is 3.26. The van der Waals surface area contributed by atoms with E-state index in [0.717, 1.165) is 23.5 Å². The lowest BCUT2D eigenvalue weighted by Gasteiger charge is -2.54. The van der Waals surface area contributed by atoms with Crippen molar-refractivity contribution in [1.29, 1.82) is 0 Å². The van der Waals surface area contributed by atoms with Gasteiger partial charge < -0.3 is 4.74 Å². The molecule has 0 unspecified atom stereocenters. The Labute approximate surface area is 179 Å². The first kappa shape index (κ1) is 20.0. The van der Waals surface area contributed by atoms with Crippen molar-refractivity contribution in [2.75, 3.05) is 0 Å². The molecule has 4 aliphatic rings. The molecule has 0 saturated heterocycles. The summed E-state index contributed by atoms with van der Waals surface area (Å²) in [6.07, 6.45) is 18.4. The second kappa shape index (κ2) is 7.61. The van der Waals surface area contributed by atoms with E-state index in [1.54, 1.807) is 11.1 Å². The molecule has 29 heavy (non-hydrogen) atoms. The minimum atomic E-state index is 0.471. The molecule has 0 bridgehead atoms. The molecule has 3 saturated carbocycles. The zero-order valence-electron chi connectivity index (χ0n) is 19.1. The molecule has 0 spiro atoms. The number of benzene rings is 1. The number of fused-ring (bicyclic) bond motifs is 5. The van der Waals surface area contributed by atoms with Crippen LogP contribution in [-0.2, 0) is 6.42 Å². The smallest absolute Gasteiger partial charge is 0.120 e. The Morgan fingerprint density at radius 2 is 1.83 bits per heavy atom. The number of hydrogen-bond donors (Lipinski definition) is 0. The lowest BCUT2D eigenvalue weighted by Crippen LogP contribution is -2.46. The molecule has 0 heterocycles.